The second-order valence-corrected chi connectivity index (χ2v) is 4.93. The molecule has 2 rings (SSSR count). The van der Waals surface area contributed by atoms with Crippen LogP contribution in [-0.4, -0.2) is 51.4 Å². The van der Waals surface area contributed by atoms with Crippen molar-refractivity contribution >= 4 is 5.91 Å². The number of hydrogen-bond donors (Lipinski definition) is 3. The highest BCUT2D eigenvalue weighted by atomic mass is 16.3. The third-order valence-corrected chi connectivity index (χ3v) is 3.46. The molecule has 2 atom stereocenters. The van der Waals surface area contributed by atoms with Gasteiger partial charge in [0.15, 0.2) is 0 Å². The molecule has 1 aromatic carbocycles. The lowest BCUT2D eigenvalue weighted by Gasteiger charge is -2.33. The summed E-state index contributed by atoms with van der Waals surface area (Å²) in [6.07, 6.45) is -0.166. The van der Waals surface area contributed by atoms with E-state index in [2.05, 4.69) is 0 Å². The maximum absolute atomic E-state index is 12.0. The van der Waals surface area contributed by atoms with Gasteiger partial charge in [0.25, 0.3) is 0 Å². The van der Waals surface area contributed by atoms with Gasteiger partial charge in [0.05, 0.1) is 12.2 Å². The summed E-state index contributed by atoms with van der Waals surface area (Å²) in [6.45, 7) is 0.697. The van der Waals surface area contributed by atoms with Crippen LogP contribution in [0.2, 0.25) is 0 Å². The lowest BCUT2D eigenvalue weighted by Crippen LogP contribution is -2.49. The zero-order chi connectivity index (χ0) is 13.8. The largest absolute Gasteiger partial charge is 0.508 e. The highest BCUT2D eigenvalue weighted by Crippen LogP contribution is 2.14. The number of aryl methyl sites for hydroxylation is 1. The van der Waals surface area contributed by atoms with Crippen molar-refractivity contribution < 1.29 is 20.1 Å². The van der Waals surface area contributed by atoms with Crippen LogP contribution >= 0.6 is 0 Å². The zero-order valence-electron chi connectivity index (χ0n) is 10.7. The summed E-state index contributed by atoms with van der Waals surface area (Å²) >= 11 is 0. The number of aliphatic hydroxyl groups excluding tert-OH is 2. The number of rotatable bonds is 3. The molecule has 1 heterocycles. The first kappa shape index (κ1) is 13.8. The van der Waals surface area contributed by atoms with E-state index in [9.17, 15) is 15.0 Å². The molecule has 0 bridgehead atoms. The number of nitrogens with zero attached hydrogens (tertiary/aromatic N) is 1. The van der Waals surface area contributed by atoms with E-state index in [0.717, 1.165) is 5.56 Å². The molecule has 1 aromatic rings. The minimum Gasteiger partial charge on any atom is -0.508 e. The third kappa shape index (κ3) is 3.68. The van der Waals surface area contributed by atoms with E-state index in [1.807, 2.05) is 0 Å². The second-order valence-electron chi connectivity index (χ2n) is 4.93. The lowest BCUT2D eigenvalue weighted by molar-refractivity contribution is -0.137. The maximum Gasteiger partial charge on any atom is 0.222 e. The summed E-state index contributed by atoms with van der Waals surface area (Å²) in [7, 11) is 0. The smallest absolute Gasteiger partial charge is 0.222 e. The molecule has 5 heteroatoms. The number of piperidine rings is 1. The first-order valence-electron chi connectivity index (χ1n) is 6.48. The van der Waals surface area contributed by atoms with Crippen molar-refractivity contribution in [3.05, 3.63) is 29.8 Å². The average Bonchev–Trinajstić information content (AvgIpc) is 2.41. The maximum atomic E-state index is 12.0. The molecule has 0 unspecified atom stereocenters. The lowest BCUT2D eigenvalue weighted by atomic mass is 10.0. The number of aromatic hydroxyl groups is 1. The summed E-state index contributed by atoms with van der Waals surface area (Å²) in [6, 6.07) is 6.77. The third-order valence-electron chi connectivity index (χ3n) is 3.46. The molecule has 1 aliphatic rings. The van der Waals surface area contributed by atoms with Crippen LogP contribution < -0.4 is 0 Å². The second kappa shape index (κ2) is 6.04. The van der Waals surface area contributed by atoms with Crippen molar-refractivity contribution in [1.82, 2.24) is 4.90 Å². The Bertz CT molecular complexity index is 432. The van der Waals surface area contributed by atoms with Crippen molar-refractivity contribution in [1.29, 1.82) is 0 Å². The quantitative estimate of drug-likeness (QED) is 0.733. The molecule has 0 aromatic heterocycles. The van der Waals surface area contributed by atoms with Crippen LogP contribution in [0.15, 0.2) is 24.3 Å². The van der Waals surface area contributed by atoms with Crippen LogP contribution in [0.25, 0.3) is 0 Å². The Morgan fingerprint density at radius 2 is 1.89 bits per heavy atom. The molecule has 5 nitrogen and oxygen atoms in total. The van der Waals surface area contributed by atoms with Gasteiger partial charge in [0, 0.05) is 19.5 Å². The Kier molecular flexibility index (Phi) is 4.39. The highest BCUT2D eigenvalue weighted by Gasteiger charge is 2.28. The van der Waals surface area contributed by atoms with Gasteiger partial charge in [-0.25, -0.2) is 0 Å². The Morgan fingerprint density at radius 1 is 1.21 bits per heavy atom. The van der Waals surface area contributed by atoms with Crippen molar-refractivity contribution in [2.24, 2.45) is 0 Å². The Morgan fingerprint density at radius 3 is 2.53 bits per heavy atom. The minimum atomic E-state index is -0.841. The van der Waals surface area contributed by atoms with E-state index in [1.54, 1.807) is 29.2 Å². The molecular weight excluding hydrogens is 246 g/mol. The SMILES string of the molecule is O=C(CCc1ccc(O)cc1)N1CC[C@@H](O)[C@@H](O)C1. The number of phenols is 1. The van der Waals surface area contributed by atoms with Crippen LogP contribution in [0.5, 0.6) is 5.75 Å². The molecule has 0 spiro atoms. The van der Waals surface area contributed by atoms with Gasteiger partial charge in [-0.2, -0.15) is 0 Å². The molecule has 1 fully saturated rings. The van der Waals surface area contributed by atoms with Crippen LogP contribution in [0.1, 0.15) is 18.4 Å². The Hall–Kier alpha value is -1.59. The van der Waals surface area contributed by atoms with Gasteiger partial charge < -0.3 is 20.2 Å². The van der Waals surface area contributed by atoms with E-state index in [0.29, 0.717) is 25.8 Å². The van der Waals surface area contributed by atoms with Gasteiger partial charge in [-0.1, -0.05) is 12.1 Å². The van der Waals surface area contributed by atoms with E-state index in [4.69, 9.17) is 5.11 Å². The van der Waals surface area contributed by atoms with Crippen molar-refractivity contribution in [2.75, 3.05) is 13.1 Å². The summed E-state index contributed by atoms with van der Waals surface area (Å²) in [4.78, 5) is 13.6. The number of benzene rings is 1. The fourth-order valence-corrected chi connectivity index (χ4v) is 2.22. The van der Waals surface area contributed by atoms with E-state index in [-0.39, 0.29) is 18.2 Å². The van der Waals surface area contributed by atoms with Crippen LogP contribution in [0.4, 0.5) is 0 Å². The number of amides is 1. The van der Waals surface area contributed by atoms with Crippen molar-refractivity contribution in [2.45, 2.75) is 31.5 Å². The molecule has 104 valence electrons. The summed E-state index contributed by atoms with van der Waals surface area (Å²) in [5.74, 6) is 0.197. The molecule has 19 heavy (non-hydrogen) atoms. The topological polar surface area (TPSA) is 81.0 Å². The first-order valence-corrected chi connectivity index (χ1v) is 6.48. The normalized spacial score (nSPS) is 23.4. The van der Waals surface area contributed by atoms with Crippen LogP contribution in [0, 0.1) is 0 Å². The fourth-order valence-electron chi connectivity index (χ4n) is 2.22. The molecule has 1 aliphatic heterocycles. The standard InChI is InChI=1S/C14H19NO4/c16-11-4-1-10(2-5-11)3-6-14(19)15-8-7-12(17)13(18)9-15/h1-2,4-5,12-13,16-18H,3,6-9H2/t12-,13+/m1/s1. The zero-order valence-corrected chi connectivity index (χ0v) is 10.7. The van der Waals surface area contributed by atoms with Gasteiger partial charge in [0.1, 0.15) is 5.75 Å². The number of hydrogen-bond acceptors (Lipinski definition) is 4. The number of aliphatic hydroxyl groups is 2. The monoisotopic (exact) mass is 265 g/mol. The Labute approximate surface area is 112 Å². The van der Waals surface area contributed by atoms with Crippen molar-refractivity contribution in [3.63, 3.8) is 0 Å². The van der Waals surface area contributed by atoms with Gasteiger partial charge in [-0.3, -0.25) is 4.79 Å². The molecule has 0 saturated carbocycles. The van der Waals surface area contributed by atoms with Crippen molar-refractivity contribution in [3.8, 4) is 5.75 Å². The van der Waals surface area contributed by atoms with Crippen LogP contribution in [-0.2, 0) is 11.2 Å². The predicted octanol–water partition coefficient (Wildman–Crippen LogP) is 0.279. The fraction of sp³-hybridized carbons (Fsp3) is 0.500. The van der Waals surface area contributed by atoms with Gasteiger partial charge in [-0.05, 0) is 30.5 Å². The first-order chi connectivity index (χ1) is 9.06. The summed E-state index contributed by atoms with van der Waals surface area (Å²) in [5, 5.41) is 28.1. The number of likely N-dealkylation sites (tertiary alicyclic amines) is 1. The van der Waals surface area contributed by atoms with E-state index >= 15 is 0 Å². The van der Waals surface area contributed by atoms with E-state index in [1.165, 1.54) is 0 Å². The highest BCUT2D eigenvalue weighted by molar-refractivity contribution is 5.76. The summed E-state index contributed by atoms with van der Waals surface area (Å²) < 4.78 is 0. The van der Waals surface area contributed by atoms with Gasteiger partial charge in [-0.15, -0.1) is 0 Å². The Balaban J connectivity index is 1.83. The molecular formula is C14H19NO4. The number of phenolic OH excluding ortho intramolecular Hbond substituents is 1. The molecule has 0 radical (unpaired) electrons. The summed E-state index contributed by atoms with van der Waals surface area (Å²) in [5.41, 5.74) is 0.990. The van der Waals surface area contributed by atoms with E-state index < -0.39 is 12.2 Å². The van der Waals surface area contributed by atoms with Gasteiger partial charge >= 0.3 is 0 Å². The average molecular weight is 265 g/mol. The molecule has 3 N–H and O–H groups in total. The molecule has 0 aliphatic carbocycles. The number of carbonyl (C=O) groups is 1. The predicted molar refractivity (Wildman–Crippen MR) is 69.6 cm³/mol. The van der Waals surface area contributed by atoms with Gasteiger partial charge in [0.2, 0.25) is 5.91 Å². The molecule has 1 saturated heterocycles. The minimum absolute atomic E-state index is 0.0148. The number of carbonyl (C=O) groups excluding carboxylic acids is 1. The van der Waals surface area contributed by atoms with Crippen LogP contribution in [0.3, 0.4) is 0 Å². The molecule has 1 amide bonds. The number of β-amino-alcohol motifs (C(OH)–C–C–N with tert-alkyl or cyclic N) is 1.